The van der Waals surface area contributed by atoms with Gasteiger partial charge in [-0.3, -0.25) is 0 Å². The zero-order valence-electron chi connectivity index (χ0n) is 10.7. The van der Waals surface area contributed by atoms with E-state index in [1.165, 1.54) is 11.0 Å². The molecule has 1 fully saturated rings. The first kappa shape index (κ1) is 13.7. The second-order valence-electron chi connectivity index (χ2n) is 4.56. The smallest absolute Gasteiger partial charge is 0.317 e. The summed E-state index contributed by atoms with van der Waals surface area (Å²) in [5, 5.41) is 2.64. The number of sulfone groups is 1. The van der Waals surface area contributed by atoms with E-state index in [4.69, 9.17) is 5.73 Å². The number of carbonyl (C=O) groups is 1. The van der Waals surface area contributed by atoms with Crippen molar-refractivity contribution in [3.63, 3.8) is 0 Å². The Kier molecular flexibility index (Phi) is 3.66. The Labute approximate surface area is 112 Å². The highest BCUT2D eigenvalue weighted by atomic mass is 32.2. The fourth-order valence-corrected chi connectivity index (χ4v) is 3.57. The highest BCUT2D eigenvalue weighted by Crippen LogP contribution is 2.19. The molecule has 104 valence electrons. The standard InChI is InChI=1S/C12H17N3O3S/c1-9-2-3-10(13)8-11(9)19(17,18)7-6-15-5-4-14-12(15)16/h2-3,8H,4-7,13H2,1H3,(H,14,16). The minimum absolute atomic E-state index is 0.0925. The summed E-state index contributed by atoms with van der Waals surface area (Å²) in [5.74, 6) is -0.0925. The number of benzene rings is 1. The molecule has 0 aromatic heterocycles. The SMILES string of the molecule is Cc1ccc(N)cc1S(=O)(=O)CCN1CCNC1=O. The first-order valence-electron chi connectivity index (χ1n) is 6.02. The van der Waals surface area contributed by atoms with Crippen LogP contribution in [0.1, 0.15) is 5.56 Å². The lowest BCUT2D eigenvalue weighted by Crippen LogP contribution is -2.32. The van der Waals surface area contributed by atoms with Gasteiger partial charge in [-0.1, -0.05) is 6.07 Å². The Hall–Kier alpha value is -1.76. The van der Waals surface area contributed by atoms with E-state index in [2.05, 4.69) is 5.32 Å². The van der Waals surface area contributed by atoms with Crippen LogP contribution in [0.5, 0.6) is 0 Å². The van der Waals surface area contributed by atoms with Gasteiger partial charge in [0, 0.05) is 25.3 Å². The van der Waals surface area contributed by atoms with Gasteiger partial charge in [-0.25, -0.2) is 13.2 Å². The monoisotopic (exact) mass is 283 g/mol. The molecule has 0 aliphatic carbocycles. The molecule has 7 heteroatoms. The number of nitrogens with two attached hydrogens (primary N) is 1. The molecule has 1 aromatic rings. The van der Waals surface area contributed by atoms with Crippen molar-refractivity contribution in [2.75, 3.05) is 31.1 Å². The number of anilines is 1. The number of rotatable bonds is 4. The fourth-order valence-electron chi connectivity index (χ4n) is 2.02. The largest absolute Gasteiger partial charge is 0.399 e. The number of nitrogen functional groups attached to an aromatic ring is 1. The first-order chi connectivity index (χ1) is 8.90. The summed E-state index contributed by atoms with van der Waals surface area (Å²) in [6.07, 6.45) is 0. The van der Waals surface area contributed by atoms with Crippen molar-refractivity contribution < 1.29 is 13.2 Å². The molecule has 6 nitrogen and oxygen atoms in total. The van der Waals surface area contributed by atoms with Crippen molar-refractivity contribution in [1.29, 1.82) is 0 Å². The van der Waals surface area contributed by atoms with Crippen LogP contribution in [-0.4, -0.2) is 44.7 Å². The predicted octanol–water partition coefficient (Wildman–Crippen LogP) is 0.376. The molecular formula is C12H17N3O3S. The average Bonchev–Trinajstić information content (AvgIpc) is 2.75. The molecule has 19 heavy (non-hydrogen) atoms. The fraction of sp³-hybridized carbons (Fsp3) is 0.417. The Morgan fingerprint density at radius 1 is 1.42 bits per heavy atom. The van der Waals surface area contributed by atoms with Crippen LogP contribution < -0.4 is 11.1 Å². The zero-order valence-corrected chi connectivity index (χ0v) is 11.5. The molecule has 1 aromatic carbocycles. The van der Waals surface area contributed by atoms with Gasteiger partial charge in [0.05, 0.1) is 10.6 Å². The van der Waals surface area contributed by atoms with E-state index in [0.717, 1.165) is 0 Å². The van der Waals surface area contributed by atoms with Gasteiger partial charge in [-0.15, -0.1) is 0 Å². The van der Waals surface area contributed by atoms with E-state index in [0.29, 0.717) is 24.3 Å². The van der Waals surface area contributed by atoms with E-state index in [1.54, 1.807) is 19.1 Å². The zero-order chi connectivity index (χ0) is 14.0. The summed E-state index contributed by atoms with van der Waals surface area (Å²) in [4.78, 5) is 13.1. The van der Waals surface area contributed by atoms with Gasteiger partial charge in [0.25, 0.3) is 0 Å². The van der Waals surface area contributed by atoms with Crippen molar-refractivity contribution in [3.8, 4) is 0 Å². The number of nitrogens with one attached hydrogen (secondary N) is 1. The number of hydrogen-bond acceptors (Lipinski definition) is 4. The first-order valence-corrected chi connectivity index (χ1v) is 7.67. The molecule has 2 amide bonds. The van der Waals surface area contributed by atoms with E-state index >= 15 is 0 Å². The molecule has 0 atom stereocenters. The van der Waals surface area contributed by atoms with E-state index < -0.39 is 9.84 Å². The summed E-state index contributed by atoms with van der Waals surface area (Å²) < 4.78 is 24.5. The number of aryl methyl sites for hydroxylation is 1. The Balaban J connectivity index is 2.14. The highest BCUT2D eigenvalue weighted by Gasteiger charge is 2.23. The molecule has 3 N–H and O–H groups in total. The maximum Gasteiger partial charge on any atom is 0.317 e. The Bertz CT molecular complexity index is 598. The summed E-state index contributed by atoms with van der Waals surface area (Å²) >= 11 is 0. The van der Waals surface area contributed by atoms with Gasteiger partial charge in [0.2, 0.25) is 0 Å². The van der Waals surface area contributed by atoms with Crippen LogP contribution in [0.4, 0.5) is 10.5 Å². The van der Waals surface area contributed by atoms with Gasteiger partial charge in [-0.2, -0.15) is 0 Å². The molecule has 2 rings (SSSR count). The molecule has 0 bridgehead atoms. The molecule has 1 aliphatic rings. The third-order valence-corrected chi connectivity index (χ3v) is 4.95. The van der Waals surface area contributed by atoms with Crippen LogP contribution in [0.2, 0.25) is 0 Å². The maximum absolute atomic E-state index is 12.3. The summed E-state index contributed by atoms with van der Waals surface area (Å²) in [6.45, 7) is 3.04. The van der Waals surface area contributed by atoms with Crippen molar-refractivity contribution in [2.45, 2.75) is 11.8 Å². The quantitative estimate of drug-likeness (QED) is 0.781. The summed E-state index contributed by atoms with van der Waals surface area (Å²) in [6, 6.07) is 4.61. The number of urea groups is 1. The van der Waals surface area contributed by atoms with Crippen LogP contribution in [0, 0.1) is 6.92 Å². The molecule has 0 saturated carbocycles. The van der Waals surface area contributed by atoms with Gasteiger partial charge in [0.1, 0.15) is 0 Å². The van der Waals surface area contributed by atoms with Gasteiger partial charge in [-0.05, 0) is 24.6 Å². The van der Waals surface area contributed by atoms with Crippen molar-refractivity contribution in [3.05, 3.63) is 23.8 Å². The van der Waals surface area contributed by atoms with Gasteiger partial charge >= 0.3 is 6.03 Å². The minimum atomic E-state index is -3.43. The second-order valence-corrected chi connectivity index (χ2v) is 6.64. The summed E-state index contributed by atoms with van der Waals surface area (Å²) in [7, 11) is -3.43. The lowest BCUT2D eigenvalue weighted by molar-refractivity contribution is 0.220. The van der Waals surface area contributed by atoms with Gasteiger partial charge < -0.3 is 16.0 Å². The van der Waals surface area contributed by atoms with Crippen LogP contribution in [0.15, 0.2) is 23.1 Å². The highest BCUT2D eigenvalue weighted by molar-refractivity contribution is 7.91. The molecule has 1 saturated heterocycles. The van der Waals surface area contributed by atoms with Crippen molar-refractivity contribution >= 4 is 21.6 Å². The van der Waals surface area contributed by atoms with Crippen LogP contribution >= 0.6 is 0 Å². The lowest BCUT2D eigenvalue weighted by atomic mass is 10.2. The van der Waals surface area contributed by atoms with Crippen LogP contribution in [-0.2, 0) is 9.84 Å². The second kappa shape index (κ2) is 5.08. The Morgan fingerprint density at radius 3 is 2.79 bits per heavy atom. The van der Waals surface area contributed by atoms with E-state index in [9.17, 15) is 13.2 Å². The minimum Gasteiger partial charge on any atom is -0.399 e. The Morgan fingerprint density at radius 2 is 2.16 bits per heavy atom. The molecule has 0 unspecified atom stereocenters. The number of nitrogens with zero attached hydrogens (tertiary/aromatic N) is 1. The van der Waals surface area contributed by atoms with Crippen LogP contribution in [0.3, 0.4) is 0 Å². The van der Waals surface area contributed by atoms with Crippen molar-refractivity contribution in [2.24, 2.45) is 0 Å². The predicted molar refractivity (Wildman–Crippen MR) is 72.6 cm³/mol. The summed E-state index contributed by atoms with van der Waals surface area (Å²) in [5.41, 5.74) is 6.71. The normalized spacial score (nSPS) is 15.6. The van der Waals surface area contributed by atoms with Crippen LogP contribution in [0.25, 0.3) is 0 Å². The maximum atomic E-state index is 12.3. The molecule has 1 heterocycles. The topological polar surface area (TPSA) is 92.5 Å². The lowest BCUT2D eigenvalue weighted by Gasteiger charge is -2.15. The number of hydrogen-bond donors (Lipinski definition) is 2. The third kappa shape index (κ3) is 2.98. The number of carbonyl (C=O) groups excluding carboxylic acids is 1. The molecule has 1 aliphatic heterocycles. The van der Waals surface area contributed by atoms with E-state index in [-0.39, 0.29) is 23.2 Å². The average molecular weight is 283 g/mol. The van der Waals surface area contributed by atoms with Gasteiger partial charge in [0.15, 0.2) is 9.84 Å². The molecular weight excluding hydrogens is 266 g/mol. The number of amides is 2. The molecule has 0 radical (unpaired) electrons. The third-order valence-electron chi connectivity index (χ3n) is 3.12. The van der Waals surface area contributed by atoms with E-state index in [1.807, 2.05) is 0 Å². The van der Waals surface area contributed by atoms with Crippen molar-refractivity contribution in [1.82, 2.24) is 10.2 Å². The molecule has 0 spiro atoms.